The highest BCUT2D eigenvalue weighted by Crippen LogP contribution is 2.46. The van der Waals surface area contributed by atoms with Crippen LogP contribution in [-0.4, -0.2) is 32.4 Å². The molecule has 0 saturated carbocycles. The van der Waals surface area contributed by atoms with Crippen LogP contribution in [0.4, 0.5) is 0 Å². The fourth-order valence-electron chi connectivity index (χ4n) is 3.88. The molecule has 0 unspecified atom stereocenters. The van der Waals surface area contributed by atoms with Crippen LogP contribution < -0.4 is 19.8 Å². The molecule has 1 aliphatic heterocycles. The van der Waals surface area contributed by atoms with Gasteiger partial charge < -0.3 is 23.4 Å². The van der Waals surface area contributed by atoms with E-state index >= 15 is 0 Å². The molecule has 2 heterocycles. The number of hydrogen-bond acceptors (Lipinski definition) is 7. The second-order valence-corrected chi connectivity index (χ2v) is 8.01. The van der Waals surface area contributed by atoms with E-state index in [1.165, 1.54) is 0 Å². The third-order valence-corrected chi connectivity index (χ3v) is 5.30. The van der Waals surface area contributed by atoms with Gasteiger partial charge in [-0.2, -0.15) is 0 Å². The van der Waals surface area contributed by atoms with E-state index in [0.29, 0.717) is 51.9 Å². The molecular formula is C25H26O7. The largest absolute Gasteiger partial charge is 0.493 e. The zero-order valence-electron chi connectivity index (χ0n) is 18.5. The number of carbonyl (C=O) groups excluding carboxylic acids is 1. The van der Waals surface area contributed by atoms with E-state index in [1.54, 1.807) is 44.4 Å². The number of esters is 1. The summed E-state index contributed by atoms with van der Waals surface area (Å²) in [4.78, 5) is 25.8. The van der Waals surface area contributed by atoms with E-state index < -0.39 is 23.6 Å². The van der Waals surface area contributed by atoms with Gasteiger partial charge in [0.15, 0.2) is 11.5 Å². The summed E-state index contributed by atoms with van der Waals surface area (Å²) < 4.78 is 28.2. The summed E-state index contributed by atoms with van der Waals surface area (Å²) in [7, 11) is 1.55. The first-order valence-electron chi connectivity index (χ1n) is 10.6. The van der Waals surface area contributed by atoms with Gasteiger partial charge in [-0.3, -0.25) is 0 Å². The highest BCUT2D eigenvalue weighted by atomic mass is 16.6. The lowest BCUT2D eigenvalue weighted by atomic mass is 9.88. The molecule has 0 saturated heterocycles. The van der Waals surface area contributed by atoms with Crippen LogP contribution in [0.3, 0.4) is 0 Å². The fraction of sp³-hybridized carbons (Fsp3) is 0.360. The lowest BCUT2D eigenvalue weighted by Gasteiger charge is -2.19. The number of para-hydroxylation sites is 1. The van der Waals surface area contributed by atoms with Gasteiger partial charge in [0, 0.05) is 0 Å². The summed E-state index contributed by atoms with van der Waals surface area (Å²) in [6, 6.07) is 12.4. The quantitative estimate of drug-likeness (QED) is 0.402. The molecule has 2 aromatic carbocycles. The third-order valence-electron chi connectivity index (χ3n) is 5.30. The third kappa shape index (κ3) is 3.90. The summed E-state index contributed by atoms with van der Waals surface area (Å²) in [5, 5.41) is 0.628. The van der Waals surface area contributed by atoms with Gasteiger partial charge in [-0.1, -0.05) is 32.0 Å². The smallest absolute Gasteiger partial charge is 0.348 e. The Morgan fingerprint density at radius 3 is 2.62 bits per heavy atom. The van der Waals surface area contributed by atoms with Gasteiger partial charge >= 0.3 is 11.6 Å². The molecular weight excluding hydrogens is 412 g/mol. The van der Waals surface area contributed by atoms with Crippen LogP contribution in [0.1, 0.15) is 37.8 Å². The first kappa shape index (κ1) is 21.7. The minimum Gasteiger partial charge on any atom is -0.493 e. The predicted molar refractivity (Wildman–Crippen MR) is 119 cm³/mol. The Kier molecular flexibility index (Phi) is 6.08. The fourth-order valence-corrected chi connectivity index (χ4v) is 3.88. The van der Waals surface area contributed by atoms with E-state index in [9.17, 15) is 9.59 Å². The highest BCUT2D eigenvalue weighted by Gasteiger charge is 2.45. The second kappa shape index (κ2) is 8.94. The molecule has 2 atom stereocenters. The molecule has 0 N–H and O–H groups in total. The molecule has 0 spiro atoms. The Balaban J connectivity index is 1.85. The lowest BCUT2D eigenvalue weighted by Crippen LogP contribution is -2.32. The van der Waals surface area contributed by atoms with Crippen molar-refractivity contribution in [1.82, 2.24) is 0 Å². The Labute approximate surface area is 185 Å². The molecule has 7 heteroatoms. The van der Waals surface area contributed by atoms with Gasteiger partial charge in [-0.25, -0.2) is 9.59 Å². The first-order chi connectivity index (χ1) is 15.4. The molecule has 32 heavy (non-hydrogen) atoms. The maximum absolute atomic E-state index is 13.0. The van der Waals surface area contributed by atoms with Crippen molar-refractivity contribution in [2.24, 2.45) is 5.92 Å². The molecule has 0 amide bonds. The normalized spacial score (nSPS) is 17.2. The predicted octanol–water partition coefficient (Wildman–Crippen LogP) is 4.29. The minimum absolute atomic E-state index is 0.197. The van der Waals surface area contributed by atoms with Gasteiger partial charge in [0.25, 0.3) is 0 Å². The van der Waals surface area contributed by atoms with Crippen molar-refractivity contribution in [3.8, 4) is 17.2 Å². The van der Waals surface area contributed by atoms with E-state index in [-0.39, 0.29) is 6.61 Å². The molecule has 0 bridgehead atoms. The molecule has 0 aliphatic carbocycles. The summed E-state index contributed by atoms with van der Waals surface area (Å²) >= 11 is 0. The number of fused-ring (bicyclic) bond motifs is 3. The lowest BCUT2D eigenvalue weighted by molar-refractivity contribution is -0.151. The molecule has 1 aromatic heterocycles. The van der Waals surface area contributed by atoms with E-state index in [4.69, 9.17) is 23.4 Å². The van der Waals surface area contributed by atoms with Crippen molar-refractivity contribution in [3.63, 3.8) is 0 Å². The van der Waals surface area contributed by atoms with Crippen molar-refractivity contribution in [1.29, 1.82) is 0 Å². The van der Waals surface area contributed by atoms with Gasteiger partial charge in [-0.15, -0.1) is 0 Å². The second-order valence-electron chi connectivity index (χ2n) is 8.01. The Morgan fingerprint density at radius 2 is 1.91 bits per heavy atom. The van der Waals surface area contributed by atoms with Gasteiger partial charge in [0.1, 0.15) is 11.3 Å². The van der Waals surface area contributed by atoms with Gasteiger partial charge in [0.2, 0.25) is 6.10 Å². The van der Waals surface area contributed by atoms with E-state index in [0.717, 1.165) is 0 Å². The molecule has 4 rings (SSSR count). The molecule has 0 radical (unpaired) electrons. The van der Waals surface area contributed by atoms with Gasteiger partial charge in [0.05, 0.1) is 37.2 Å². The topological polar surface area (TPSA) is 84.2 Å². The van der Waals surface area contributed by atoms with Crippen LogP contribution in [0.25, 0.3) is 11.0 Å². The number of hydrogen-bond donors (Lipinski definition) is 0. The number of benzene rings is 2. The maximum atomic E-state index is 13.0. The van der Waals surface area contributed by atoms with E-state index in [2.05, 4.69) is 13.8 Å². The average molecular weight is 438 g/mol. The molecule has 168 valence electrons. The standard InChI is InChI=1S/C25H26O7/c1-5-29-25(27)23-20(15-10-11-18(19(12-15)28-4)30-13-14(2)3)21-22(32-23)16-8-6-7-9-17(16)31-24(21)26/h6-12,14,20,23H,5,13H2,1-4H3/t20-,23+/m1/s1. The average Bonchev–Trinajstić information content (AvgIpc) is 3.19. The van der Waals surface area contributed by atoms with Crippen molar-refractivity contribution < 1.29 is 28.2 Å². The van der Waals surface area contributed by atoms with Crippen LogP contribution in [0.2, 0.25) is 0 Å². The van der Waals surface area contributed by atoms with Crippen LogP contribution >= 0.6 is 0 Å². The number of rotatable bonds is 7. The maximum Gasteiger partial charge on any atom is 0.348 e. The van der Waals surface area contributed by atoms with Crippen LogP contribution in [0, 0.1) is 5.92 Å². The zero-order chi connectivity index (χ0) is 22.8. The molecule has 1 aliphatic rings. The molecule has 3 aromatic rings. The Bertz CT molecular complexity index is 1190. The Hall–Kier alpha value is -3.48. The monoisotopic (exact) mass is 438 g/mol. The minimum atomic E-state index is -1.02. The number of ether oxygens (including phenoxy) is 4. The number of methoxy groups -OCH3 is 1. The summed E-state index contributed by atoms with van der Waals surface area (Å²) in [5.74, 6) is 0.528. The Morgan fingerprint density at radius 1 is 1.12 bits per heavy atom. The van der Waals surface area contributed by atoms with Crippen molar-refractivity contribution in [2.45, 2.75) is 32.8 Å². The molecule has 0 fully saturated rings. The summed E-state index contributed by atoms with van der Waals surface area (Å²) in [6.45, 7) is 6.57. The van der Waals surface area contributed by atoms with Crippen LogP contribution in [-0.2, 0) is 9.53 Å². The van der Waals surface area contributed by atoms with Crippen molar-refractivity contribution in [2.75, 3.05) is 20.3 Å². The van der Waals surface area contributed by atoms with Crippen LogP contribution in [0.15, 0.2) is 51.7 Å². The van der Waals surface area contributed by atoms with Gasteiger partial charge in [-0.05, 0) is 42.7 Å². The molecule has 7 nitrogen and oxygen atoms in total. The summed E-state index contributed by atoms with van der Waals surface area (Å²) in [5.41, 5.74) is 0.807. The van der Waals surface area contributed by atoms with Crippen molar-refractivity contribution >= 4 is 16.9 Å². The SMILES string of the molecule is CCOC(=O)[C@H]1Oc2c(c(=O)oc3ccccc23)[C@H]1c1ccc(OCC(C)C)c(OC)c1. The summed E-state index contributed by atoms with van der Waals surface area (Å²) in [6.07, 6.45) is -1.02. The zero-order valence-corrected chi connectivity index (χ0v) is 18.5. The van der Waals surface area contributed by atoms with E-state index in [1.807, 2.05) is 12.1 Å². The highest BCUT2D eigenvalue weighted by molar-refractivity contribution is 5.88. The van der Waals surface area contributed by atoms with Crippen LogP contribution in [0.5, 0.6) is 17.2 Å². The van der Waals surface area contributed by atoms with Crippen molar-refractivity contribution in [3.05, 3.63) is 64.0 Å². The number of carbonyl (C=O) groups is 1. The first-order valence-corrected chi connectivity index (χ1v) is 10.6.